The van der Waals surface area contributed by atoms with Crippen LogP contribution in [0.4, 0.5) is 5.82 Å². The Hall–Kier alpha value is -1.13. The van der Waals surface area contributed by atoms with Gasteiger partial charge in [0.15, 0.2) is 0 Å². The van der Waals surface area contributed by atoms with Gasteiger partial charge in [-0.1, -0.05) is 6.07 Å². The van der Waals surface area contributed by atoms with Crippen LogP contribution >= 0.6 is 0 Å². The van der Waals surface area contributed by atoms with Gasteiger partial charge < -0.3 is 15.1 Å². The average Bonchev–Trinajstić information content (AvgIpc) is 2.38. The van der Waals surface area contributed by atoms with Crippen molar-refractivity contribution in [1.82, 2.24) is 4.98 Å². The van der Waals surface area contributed by atoms with E-state index in [1.165, 1.54) is 0 Å². The van der Waals surface area contributed by atoms with Gasteiger partial charge in [0.2, 0.25) is 0 Å². The van der Waals surface area contributed by atoms with E-state index in [1.54, 1.807) is 6.20 Å². The van der Waals surface area contributed by atoms with Crippen LogP contribution in [0.5, 0.6) is 0 Å². The van der Waals surface area contributed by atoms with Crippen LogP contribution < -0.4 is 4.90 Å². The molecule has 2 heterocycles. The predicted octanol–water partition coefficient (Wildman–Crippen LogP) is 0.925. The molecule has 16 heavy (non-hydrogen) atoms. The summed E-state index contributed by atoms with van der Waals surface area (Å²) in [6, 6.07) is 3.85. The molecule has 0 aliphatic carbocycles. The summed E-state index contributed by atoms with van der Waals surface area (Å²) in [5.41, 5.74) is 0.836. The summed E-state index contributed by atoms with van der Waals surface area (Å²) in [4.78, 5) is 6.45. The molecule has 0 saturated carbocycles. The Balaban J connectivity index is 2.26. The van der Waals surface area contributed by atoms with Crippen molar-refractivity contribution < 1.29 is 10.2 Å². The van der Waals surface area contributed by atoms with E-state index in [-0.39, 0.29) is 19.3 Å². The molecule has 1 unspecified atom stereocenters. The molecule has 1 aromatic rings. The molecule has 4 heteroatoms. The number of pyridine rings is 1. The maximum Gasteiger partial charge on any atom is 0.134 e. The van der Waals surface area contributed by atoms with E-state index in [2.05, 4.69) is 9.88 Å². The monoisotopic (exact) mass is 222 g/mol. The molecule has 0 amide bonds. The summed E-state index contributed by atoms with van der Waals surface area (Å²) >= 11 is 0. The van der Waals surface area contributed by atoms with Crippen molar-refractivity contribution in [3.05, 3.63) is 23.9 Å². The second kappa shape index (κ2) is 5.27. The molecule has 1 aromatic heterocycles. The fraction of sp³-hybridized carbons (Fsp3) is 0.583. The maximum absolute atomic E-state index is 9.35. The molecule has 0 aromatic carbocycles. The maximum atomic E-state index is 9.35. The molecule has 0 radical (unpaired) electrons. The zero-order valence-corrected chi connectivity index (χ0v) is 9.34. The van der Waals surface area contributed by atoms with Crippen LogP contribution in [0.15, 0.2) is 18.3 Å². The lowest BCUT2D eigenvalue weighted by molar-refractivity contribution is 0.238. The quantitative estimate of drug-likeness (QED) is 0.798. The molecule has 1 aliphatic rings. The zero-order valence-electron chi connectivity index (χ0n) is 9.34. The Bertz CT molecular complexity index is 344. The zero-order chi connectivity index (χ0) is 11.4. The summed E-state index contributed by atoms with van der Waals surface area (Å²) in [5, 5.41) is 18.6. The number of rotatable bonds is 3. The molecule has 0 spiro atoms. The van der Waals surface area contributed by atoms with Gasteiger partial charge in [-0.2, -0.15) is 0 Å². The highest BCUT2D eigenvalue weighted by Crippen LogP contribution is 2.25. The SMILES string of the molecule is OCc1cccnc1N1CCCCC1CO. The summed E-state index contributed by atoms with van der Waals surface area (Å²) in [5.74, 6) is 0.823. The predicted molar refractivity (Wildman–Crippen MR) is 62.2 cm³/mol. The number of hydrogen-bond acceptors (Lipinski definition) is 4. The van der Waals surface area contributed by atoms with E-state index in [1.807, 2.05) is 12.1 Å². The molecule has 0 bridgehead atoms. The first kappa shape index (κ1) is 11.4. The molecule has 4 nitrogen and oxygen atoms in total. The number of hydrogen-bond donors (Lipinski definition) is 2. The minimum absolute atomic E-state index is 0.00216. The van der Waals surface area contributed by atoms with Crippen molar-refractivity contribution in [1.29, 1.82) is 0 Å². The molecular formula is C12H18N2O2. The molecule has 1 saturated heterocycles. The second-order valence-electron chi connectivity index (χ2n) is 4.17. The van der Waals surface area contributed by atoms with Crippen LogP contribution in [0.25, 0.3) is 0 Å². The van der Waals surface area contributed by atoms with Crippen LogP contribution in [0.1, 0.15) is 24.8 Å². The molecular weight excluding hydrogens is 204 g/mol. The van der Waals surface area contributed by atoms with Crippen molar-refractivity contribution in [3.63, 3.8) is 0 Å². The van der Waals surface area contributed by atoms with Crippen molar-refractivity contribution >= 4 is 5.82 Å². The largest absolute Gasteiger partial charge is 0.394 e. The van der Waals surface area contributed by atoms with Crippen molar-refractivity contribution in [2.75, 3.05) is 18.1 Å². The van der Waals surface area contributed by atoms with Gasteiger partial charge in [0, 0.05) is 18.3 Å². The summed E-state index contributed by atoms with van der Waals surface area (Å²) in [6.45, 7) is 1.06. The normalized spacial score (nSPS) is 21.1. The van der Waals surface area contributed by atoms with Gasteiger partial charge in [0.1, 0.15) is 5.82 Å². The summed E-state index contributed by atoms with van der Waals surface area (Å²) < 4.78 is 0. The smallest absolute Gasteiger partial charge is 0.134 e. The van der Waals surface area contributed by atoms with Crippen LogP contribution in [-0.2, 0) is 6.61 Å². The lowest BCUT2D eigenvalue weighted by Crippen LogP contribution is -2.42. The Morgan fingerprint density at radius 3 is 3.00 bits per heavy atom. The first-order valence-corrected chi connectivity index (χ1v) is 5.79. The standard InChI is InChI=1S/C12H18N2O2/c15-8-10-4-3-6-13-12(10)14-7-2-1-5-11(14)9-16/h3-4,6,11,15-16H,1-2,5,7-9H2. The van der Waals surface area contributed by atoms with Crippen LogP contribution in [0, 0.1) is 0 Å². The molecule has 2 rings (SSSR count). The van der Waals surface area contributed by atoms with Crippen LogP contribution in [0.3, 0.4) is 0 Å². The van der Waals surface area contributed by atoms with Crippen molar-refractivity contribution in [3.8, 4) is 0 Å². The Labute approximate surface area is 95.5 Å². The second-order valence-corrected chi connectivity index (χ2v) is 4.17. The van der Waals surface area contributed by atoms with E-state index in [0.717, 1.165) is 37.2 Å². The molecule has 1 atom stereocenters. The van der Waals surface area contributed by atoms with Gasteiger partial charge in [0.05, 0.1) is 19.3 Å². The number of piperidine rings is 1. The topological polar surface area (TPSA) is 56.6 Å². The lowest BCUT2D eigenvalue weighted by atomic mass is 10.0. The fourth-order valence-electron chi connectivity index (χ4n) is 2.28. The number of anilines is 1. The van der Waals surface area contributed by atoms with E-state index in [4.69, 9.17) is 0 Å². The third-order valence-electron chi connectivity index (χ3n) is 3.15. The first-order valence-electron chi connectivity index (χ1n) is 5.79. The number of aliphatic hydroxyl groups excluding tert-OH is 2. The van der Waals surface area contributed by atoms with Gasteiger partial charge in [-0.15, -0.1) is 0 Å². The van der Waals surface area contributed by atoms with Gasteiger partial charge in [0.25, 0.3) is 0 Å². The molecule has 2 N–H and O–H groups in total. The molecule has 1 fully saturated rings. The van der Waals surface area contributed by atoms with Crippen molar-refractivity contribution in [2.45, 2.75) is 31.9 Å². The van der Waals surface area contributed by atoms with E-state index in [0.29, 0.717) is 0 Å². The van der Waals surface area contributed by atoms with E-state index < -0.39 is 0 Å². The molecule has 88 valence electrons. The third-order valence-corrected chi connectivity index (χ3v) is 3.15. The fourth-order valence-corrected chi connectivity index (χ4v) is 2.28. The third kappa shape index (κ3) is 2.18. The van der Waals surface area contributed by atoms with Crippen LogP contribution in [0.2, 0.25) is 0 Å². The van der Waals surface area contributed by atoms with Gasteiger partial charge >= 0.3 is 0 Å². The summed E-state index contributed by atoms with van der Waals surface area (Å²) in [6.07, 6.45) is 5.01. The highest BCUT2D eigenvalue weighted by molar-refractivity contribution is 5.47. The Morgan fingerprint density at radius 2 is 2.25 bits per heavy atom. The van der Waals surface area contributed by atoms with Crippen LogP contribution in [-0.4, -0.2) is 34.4 Å². The average molecular weight is 222 g/mol. The highest BCUT2D eigenvalue weighted by Gasteiger charge is 2.24. The number of aliphatic hydroxyl groups is 2. The van der Waals surface area contributed by atoms with Gasteiger partial charge in [-0.05, 0) is 25.3 Å². The Kier molecular flexibility index (Phi) is 3.74. The van der Waals surface area contributed by atoms with Gasteiger partial charge in [-0.3, -0.25) is 0 Å². The minimum atomic E-state index is -0.00216. The lowest BCUT2D eigenvalue weighted by Gasteiger charge is -2.36. The Morgan fingerprint density at radius 1 is 1.38 bits per heavy atom. The summed E-state index contributed by atoms with van der Waals surface area (Å²) in [7, 11) is 0. The number of nitrogens with zero attached hydrogens (tertiary/aromatic N) is 2. The van der Waals surface area contributed by atoms with E-state index >= 15 is 0 Å². The highest BCUT2D eigenvalue weighted by atomic mass is 16.3. The first-order chi connectivity index (χ1) is 7.86. The van der Waals surface area contributed by atoms with Gasteiger partial charge in [-0.25, -0.2) is 4.98 Å². The molecule has 1 aliphatic heterocycles. The minimum Gasteiger partial charge on any atom is -0.394 e. The number of aromatic nitrogens is 1. The van der Waals surface area contributed by atoms with Crippen molar-refractivity contribution in [2.24, 2.45) is 0 Å². The van der Waals surface area contributed by atoms with E-state index in [9.17, 15) is 10.2 Å².